The van der Waals surface area contributed by atoms with Crippen molar-refractivity contribution in [1.82, 2.24) is 10.2 Å². The van der Waals surface area contributed by atoms with Gasteiger partial charge in [-0.1, -0.05) is 12.1 Å². The maximum absolute atomic E-state index is 12.4. The van der Waals surface area contributed by atoms with Crippen molar-refractivity contribution in [1.29, 1.82) is 0 Å². The second kappa shape index (κ2) is 6.13. The topological polar surface area (TPSA) is 61.9 Å². The molecule has 112 valence electrons. The SMILES string of the molecule is O=C(CN1C(=O)COc2ccccc21)N1CCCNCC1. The average Bonchev–Trinajstić information content (AvgIpc) is 2.79. The van der Waals surface area contributed by atoms with Gasteiger partial charge >= 0.3 is 0 Å². The van der Waals surface area contributed by atoms with Crippen LogP contribution in [0.4, 0.5) is 5.69 Å². The lowest BCUT2D eigenvalue weighted by Gasteiger charge is -2.30. The van der Waals surface area contributed by atoms with Crippen LogP contribution in [0.25, 0.3) is 0 Å². The summed E-state index contributed by atoms with van der Waals surface area (Å²) in [5, 5.41) is 3.27. The van der Waals surface area contributed by atoms with Gasteiger partial charge in [0, 0.05) is 19.6 Å². The fourth-order valence-corrected chi connectivity index (χ4v) is 2.66. The van der Waals surface area contributed by atoms with Crippen LogP contribution >= 0.6 is 0 Å². The number of rotatable bonds is 2. The number of nitrogens with zero attached hydrogens (tertiary/aromatic N) is 2. The maximum atomic E-state index is 12.4. The lowest BCUT2D eigenvalue weighted by atomic mass is 10.2. The molecule has 2 aliphatic heterocycles. The molecular formula is C15H19N3O3. The number of hydrogen-bond donors (Lipinski definition) is 1. The predicted molar refractivity (Wildman–Crippen MR) is 78.4 cm³/mol. The summed E-state index contributed by atoms with van der Waals surface area (Å²) in [6.07, 6.45) is 0.944. The lowest BCUT2D eigenvalue weighted by Crippen LogP contribution is -2.47. The van der Waals surface area contributed by atoms with Gasteiger partial charge in [0.1, 0.15) is 12.3 Å². The van der Waals surface area contributed by atoms with Crippen molar-refractivity contribution in [3.05, 3.63) is 24.3 Å². The second-order valence-electron chi connectivity index (χ2n) is 5.22. The molecule has 6 heteroatoms. The van der Waals surface area contributed by atoms with E-state index in [2.05, 4.69) is 5.32 Å². The molecule has 0 aromatic heterocycles. The van der Waals surface area contributed by atoms with Crippen LogP contribution in [0.15, 0.2) is 24.3 Å². The molecule has 1 saturated heterocycles. The molecule has 0 saturated carbocycles. The number of ether oxygens (including phenoxy) is 1. The van der Waals surface area contributed by atoms with Crippen LogP contribution in [-0.2, 0) is 9.59 Å². The van der Waals surface area contributed by atoms with Crippen LogP contribution in [0.5, 0.6) is 5.75 Å². The number of fused-ring (bicyclic) bond motifs is 1. The monoisotopic (exact) mass is 289 g/mol. The number of hydrogen-bond acceptors (Lipinski definition) is 4. The summed E-state index contributed by atoms with van der Waals surface area (Å²) < 4.78 is 5.39. The second-order valence-corrected chi connectivity index (χ2v) is 5.22. The Labute approximate surface area is 123 Å². The Morgan fingerprint density at radius 1 is 1.24 bits per heavy atom. The van der Waals surface area contributed by atoms with E-state index >= 15 is 0 Å². The minimum Gasteiger partial charge on any atom is -0.482 e. The third-order valence-corrected chi connectivity index (χ3v) is 3.79. The third kappa shape index (κ3) is 3.00. The Balaban J connectivity index is 1.74. The van der Waals surface area contributed by atoms with E-state index in [9.17, 15) is 9.59 Å². The molecule has 0 aliphatic carbocycles. The van der Waals surface area contributed by atoms with Gasteiger partial charge in [-0.3, -0.25) is 14.5 Å². The Morgan fingerprint density at radius 3 is 3.00 bits per heavy atom. The molecule has 0 radical (unpaired) electrons. The van der Waals surface area contributed by atoms with E-state index in [0.717, 1.165) is 26.1 Å². The van der Waals surface area contributed by atoms with E-state index < -0.39 is 0 Å². The number of benzene rings is 1. The van der Waals surface area contributed by atoms with Crippen molar-refractivity contribution in [3.63, 3.8) is 0 Å². The molecule has 0 spiro atoms. The Hall–Kier alpha value is -2.08. The zero-order valence-corrected chi connectivity index (χ0v) is 11.9. The largest absolute Gasteiger partial charge is 0.482 e. The summed E-state index contributed by atoms with van der Waals surface area (Å²) in [6.45, 7) is 3.25. The van der Waals surface area contributed by atoms with E-state index in [4.69, 9.17) is 4.74 Å². The first-order chi connectivity index (χ1) is 10.3. The zero-order valence-electron chi connectivity index (χ0n) is 11.9. The quantitative estimate of drug-likeness (QED) is 0.847. The normalized spacial score (nSPS) is 18.8. The summed E-state index contributed by atoms with van der Waals surface area (Å²) in [6, 6.07) is 7.32. The molecular weight excluding hydrogens is 270 g/mol. The smallest absolute Gasteiger partial charge is 0.265 e. The van der Waals surface area contributed by atoms with Crippen LogP contribution in [-0.4, -0.2) is 56.0 Å². The standard InChI is InChI=1S/C15H19N3O3/c19-14(17-8-3-6-16-7-9-17)10-18-12-4-1-2-5-13(12)21-11-15(18)20/h1-2,4-5,16H,3,6-11H2. The van der Waals surface area contributed by atoms with Gasteiger partial charge in [-0.05, 0) is 25.1 Å². The zero-order chi connectivity index (χ0) is 14.7. The summed E-state index contributed by atoms with van der Waals surface area (Å²) in [5.74, 6) is 0.473. The molecule has 3 rings (SSSR count). The molecule has 1 fully saturated rings. The molecule has 2 heterocycles. The van der Waals surface area contributed by atoms with Gasteiger partial charge in [-0.15, -0.1) is 0 Å². The van der Waals surface area contributed by atoms with Gasteiger partial charge in [-0.2, -0.15) is 0 Å². The minimum absolute atomic E-state index is 0.00809. The van der Waals surface area contributed by atoms with Gasteiger partial charge in [0.05, 0.1) is 5.69 Å². The molecule has 0 atom stereocenters. The predicted octanol–water partition coefficient (Wildman–Crippen LogP) is 0.234. The number of carbonyl (C=O) groups is 2. The number of amides is 2. The van der Waals surface area contributed by atoms with Gasteiger partial charge in [0.2, 0.25) is 5.91 Å². The molecule has 1 aromatic carbocycles. The first-order valence-electron chi connectivity index (χ1n) is 7.26. The van der Waals surface area contributed by atoms with Gasteiger partial charge in [-0.25, -0.2) is 0 Å². The molecule has 2 aliphatic rings. The number of carbonyl (C=O) groups excluding carboxylic acids is 2. The van der Waals surface area contributed by atoms with Crippen molar-refractivity contribution < 1.29 is 14.3 Å². The fourth-order valence-electron chi connectivity index (χ4n) is 2.66. The highest BCUT2D eigenvalue weighted by Crippen LogP contribution is 2.31. The highest BCUT2D eigenvalue weighted by Gasteiger charge is 2.28. The number of anilines is 1. The molecule has 21 heavy (non-hydrogen) atoms. The molecule has 2 amide bonds. The van der Waals surface area contributed by atoms with E-state index in [1.807, 2.05) is 29.2 Å². The number of para-hydroxylation sites is 2. The molecule has 1 N–H and O–H groups in total. The van der Waals surface area contributed by atoms with E-state index in [-0.39, 0.29) is 25.0 Å². The Morgan fingerprint density at radius 2 is 2.10 bits per heavy atom. The van der Waals surface area contributed by atoms with Gasteiger partial charge < -0.3 is 15.0 Å². The Kier molecular flexibility index (Phi) is 4.06. The van der Waals surface area contributed by atoms with E-state index in [1.165, 1.54) is 4.90 Å². The van der Waals surface area contributed by atoms with Crippen LogP contribution < -0.4 is 15.0 Å². The first kappa shape index (κ1) is 13.9. The highest BCUT2D eigenvalue weighted by molar-refractivity contribution is 6.02. The van der Waals surface area contributed by atoms with Crippen LogP contribution in [0.3, 0.4) is 0 Å². The van der Waals surface area contributed by atoms with Crippen LogP contribution in [0.2, 0.25) is 0 Å². The fraction of sp³-hybridized carbons (Fsp3) is 0.467. The summed E-state index contributed by atoms with van der Waals surface area (Å²) >= 11 is 0. The third-order valence-electron chi connectivity index (χ3n) is 3.79. The molecule has 0 bridgehead atoms. The van der Waals surface area contributed by atoms with Crippen molar-refractivity contribution in [2.24, 2.45) is 0 Å². The average molecular weight is 289 g/mol. The van der Waals surface area contributed by atoms with Crippen LogP contribution in [0.1, 0.15) is 6.42 Å². The summed E-state index contributed by atoms with van der Waals surface area (Å²) in [7, 11) is 0. The van der Waals surface area contributed by atoms with Crippen LogP contribution in [0, 0.1) is 0 Å². The lowest BCUT2D eigenvalue weighted by molar-refractivity contribution is -0.131. The van der Waals surface area contributed by atoms with Crippen molar-refractivity contribution in [3.8, 4) is 5.75 Å². The first-order valence-corrected chi connectivity index (χ1v) is 7.26. The number of nitrogens with one attached hydrogen (secondary N) is 1. The highest BCUT2D eigenvalue weighted by atomic mass is 16.5. The molecule has 1 aromatic rings. The maximum Gasteiger partial charge on any atom is 0.265 e. The molecule has 6 nitrogen and oxygen atoms in total. The van der Waals surface area contributed by atoms with E-state index in [1.54, 1.807) is 0 Å². The summed E-state index contributed by atoms with van der Waals surface area (Å²) in [5.41, 5.74) is 0.676. The Bertz CT molecular complexity index is 539. The van der Waals surface area contributed by atoms with Crippen molar-refractivity contribution in [2.75, 3.05) is 44.2 Å². The van der Waals surface area contributed by atoms with E-state index in [0.29, 0.717) is 18.0 Å². The summed E-state index contributed by atoms with van der Waals surface area (Å²) in [4.78, 5) is 27.9. The van der Waals surface area contributed by atoms with Gasteiger partial charge in [0.25, 0.3) is 5.91 Å². The van der Waals surface area contributed by atoms with Crippen molar-refractivity contribution >= 4 is 17.5 Å². The van der Waals surface area contributed by atoms with Gasteiger partial charge in [0.15, 0.2) is 6.61 Å². The minimum atomic E-state index is -0.171. The van der Waals surface area contributed by atoms with Crippen molar-refractivity contribution in [2.45, 2.75) is 6.42 Å². The molecule has 0 unspecified atom stereocenters.